The number of aromatic nitrogens is 6. The maximum Gasteiger partial charge on any atom is 0.223 e. The standard InChI is InChI=1S/C23H17F2N7/c24-21-6-4-17(23(25)27-21)14-2-5-19-18(10-14)22(30-28-19)20-12-32(31-29-20)16-3-1-13-7-8-26-11-15(13)9-16/h1-6,9-10,12,26H,7-8,11H2,(H,28,30). The van der Waals surface area contributed by atoms with Gasteiger partial charge in [-0.15, -0.1) is 5.10 Å². The zero-order valence-corrected chi connectivity index (χ0v) is 16.8. The van der Waals surface area contributed by atoms with Gasteiger partial charge in [0.15, 0.2) is 0 Å². The van der Waals surface area contributed by atoms with Crippen molar-refractivity contribution in [1.29, 1.82) is 0 Å². The number of H-pyrrole nitrogens is 1. The Morgan fingerprint density at radius 1 is 0.969 bits per heavy atom. The molecule has 0 radical (unpaired) electrons. The molecule has 32 heavy (non-hydrogen) atoms. The highest BCUT2D eigenvalue weighted by Crippen LogP contribution is 2.31. The van der Waals surface area contributed by atoms with Gasteiger partial charge >= 0.3 is 0 Å². The minimum Gasteiger partial charge on any atom is -0.312 e. The number of nitrogens with zero attached hydrogens (tertiary/aromatic N) is 5. The monoisotopic (exact) mass is 429 g/mol. The van der Waals surface area contributed by atoms with Gasteiger partial charge in [0.05, 0.1) is 17.4 Å². The predicted molar refractivity (Wildman–Crippen MR) is 115 cm³/mol. The minimum atomic E-state index is -0.859. The van der Waals surface area contributed by atoms with Crippen molar-refractivity contribution in [2.75, 3.05) is 6.54 Å². The molecular weight excluding hydrogens is 412 g/mol. The van der Waals surface area contributed by atoms with E-state index < -0.39 is 11.9 Å². The first kappa shape index (κ1) is 18.8. The third kappa shape index (κ3) is 3.14. The van der Waals surface area contributed by atoms with Crippen LogP contribution in [-0.4, -0.2) is 36.7 Å². The predicted octanol–water partition coefficient (Wildman–Crippen LogP) is 3.80. The highest BCUT2D eigenvalue weighted by atomic mass is 19.1. The van der Waals surface area contributed by atoms with Crippen molar-refractivity contribution in [2.45, 2.75) is 13.0 Å². The maximum absolute atomic E-state index is 14.2. The van der Waals surface area contributed by atoms with Crippen LogP contribution in [0, 0.1) is 11.9 Å². The van der Waals surface area contributed by atoms with Crippen molar-refractivity contribution >= 4 is 10.9 Å². The van der Waals surface area contributed by atoms with Gasteiger partial charge in [-0.05, 0) is 66.1 Å². The second kappa shape index (κ2) is 7.31. The maximum atomic E-state index is 14.2. The Balaban J connectivity index is 1.39. The van der Waals surface area contributed by atoms with E-state index >= 15 is 0 Å². The topological polar surface area (TPSA) is 84.3 Å². The summed E-state index contributed by atoms with van der Waals surface area (Å²) in [4.78, 5) is 3.28. The molecule has 4 heterocycles. The molecule has 0 spiro atoms. The molecule has 1 aliphatic rings. The molecule has 0 saturated heterocycles. The van der Waals surface area contributed by atoms with E-state index in [0.717, 1.165) is 42.2 Å². The lowest BCUT2D eigenvalue weighted by atomic mass is 10.0. The summed E-state index contributed by atoms with van der Waals surface area (Å²) in [6, 6.07) is 14.1. The molecular formula is C23H17F2N7. The van der Waals surface area contributed by atoms with Gasteiger partial charge in [0.1, 0.15) is 11.4 Å². The number of hydrogen-bond donors (Lipinski definition) is 2. The second-order valence-electron chi connectivity index (χ2n) is 7.73. The zero-order chi connectivity index (χ0) is 21.7. The van der Waals surface area contributed by atoms with Crippen LogP contribution in [0.5, 0.6) is 0 Å². The largest absolute Gasteiger partial charge is 0.312 e. The van der Waals surface area contributed by atoms with E-state index in [9.17, 15) is 8.78 Å². The summed E-state index contributed by atoms with van der Waals surface area (Å²) < 4.78 is 29.1. The van der Waals surface area contributed by atoms with Crippen LogP contribution in [0.25, 0.3) is 39.1 Å². The van der Waals surface area contributed by atoms with E-state index in [-0.39, 0.29) is 5.56 Å². The molecule has 0 amide bonds. The van der Waals surface area contributed by atoms with Crippen LogP contribution in [0.3, 0.4) is 0 Å². The normalized spacial score (nSPS) is 13.4. The molecule has 0 atom stereocenters. The van der Waals surface area contributed by atoms with Crippen LogP contribution < -0.4 is 5.32 Å². The molecule has 2 N–H and O–H groups in total. The lowest BCUT2D eigenvalue weighted by Gasteiger charge is -2.17. The Labute approximate surface area is 181 Å². The van der Waals surface area contributed by atoms with Crippen LogP contribution in [-0.2, 0) is 13.0 Å². The summed E-state index contributed by atoms with van der Waals surface area (Å²) in [5.74, 6) is -1.71. The minimum absolute atomic E-state index is 0.215. The Morgan fingerprint density at radius 3 is 2.81 bits per heavy atom. The molecule has 5 aromatic rings. The first-order valence-corrected chi connectivity index (χ1v) is 10.2. The van der Waals surface area contributed by atoms with E-state index in [0.29, 0.717) is 17.0 Å². The highest BCUT2D eigenvalue weighted by molar-refractivity contribution is 5.94. The van der Waals surface area contributed by atoms with Gasteiger partial charge in [-0.2, -0.15) is 18.9 Å². The van der Waals surface area contributed by atoms with Crippen molar-refractivity contribution in [1.82, 2.24) is 35.5 Å². The Bertz CT molecular complexity index is 1470. The third-order valence-corrected chi connectivity index (χ3v) is 5.77. The van der Waals surface area contributed by atoms with Crippen molar-refractivity contribution in [3.05, 3.63) is 77.8 Å². The first-order valence-electron chi connectivity index (χ1n) is 10.2. The first-order chi connectivity index (χ1) is 15.7. The van der Waals surface area contributed by atoms with Crippen LogP contribution in [0.2, 0.25) is 0 Å². The number of fused-ring (bicyclic) bond motifs is 2. The molecule has 7 nitrogen and oxygen atoms in total. The van der Waals surface area contributed by atoms with E-state index in [1.165, 1.54) is 17.2 Å². The van der Waals surface area contributed by atoms with Gasteiger partial charge in [-0.1, -0.05) is 17.3 Å². The van der Waals surface area contributed by atoms with Crippen molar-refractivity contribution < 1.29 is 8.78 Å². The number of aromatic amines is 1. The number of halogens is 2. The summed E-state index contributed by atoms with van der Waals surface area (Å²) in [6.07, 6.45) is 2.84. The number of hydrogen-bond acceptors (Lipinski definition) is 5. The summed E-state index contributed by atoms with van der Waals surface area (Å²) >= 11 is 0. The molecule has 1 aliphatic heterocycles. The average Bonchev–Trinajstić information content (AvgIpc) is 3.45. The van der Waals surface area contributed by atoms with Gasteiger partial charge in [0.25, 0.3) is 0 Å². The highest BCUT2D eigenvalue weighted by Gasteiger charge is 2.16. The molecule has 2 aromatic carbocycles. The smallest absolute Gasteiger partial charge is 0.223 e. The van der Waals surface area contributed by atoms with Crippen LogP contribution >= 0.6 is 0 Å². The lowest BCUT2D eigenvalue weighted by Crippen LogP contribution is -2.23. The molecule has 0 saturated carbocycles. The number of rotatable bonds is 3. The van der Waals surface area contributed by atoms with E-state index in [4.69, 9.17) is 0 Å². The third-order valence-electron chi connectivity index (χ3n) is 5.77. The average molecular weight is 429 g/mol. The fourth-order valence-corrected chi connectivity index (χ4v) is 4.11. The lowest BCUT2D eigenvalue weighted by molar-refractivity contribution is 0.515. The van der Waals surface area contributed by atoms with Gasteiger partial charge in [0.2, 0.25) is 11.9 Å². The molecule has 0 bridgehead atoms. The SMILES string of the molecule is Fc1ccc(-c2ccc3[nH]nc(-c4cn(-c5ccc6c(c5)CNCC6)nn4)c3c2)c(F)n1. The van der Waals surface area contributed by atoms with E-state index in [2.05, 4.69) is 42.9 Å². The molecule has 158 valence electrons. The van der Waals surface area contributed by atoms with Crippen LogP contribution in [0.4, 0.5) is 8.78 Å². The Morgan fingerprint density at radius 2 is 1.91 bits per heavy atom. The molecule has 3 aromatic heterocycles. The van der Waals surface area contributed by atoms with Gasteiger partial charge in [0, 0.05) is 17.5 Å². The van der Waals surface area contributed by atoms with Crippen molar-refractivity contribution in [3.8, 4) is 28.2 Å². The van der Waals surface area contributed by atoms with Crippen LogP contribution in [0.15, 0.2) is 54.7 Å². The number of nitrogens with one attached hydrogen (secondary N) is 2. The van der Waals surface area contributed by atoms with Crippen molar-refractivity contribution in [3.63, 3.8) is 0 Å². The molecule has 0 fully saturated rings. The van der Waals surface area contributed by atoms with Gasteiger partial charge in [-0.3, -0.25) is 5.10 Å². The quantitative estimate of drug-likeness (QED) is 0.426. The summed E-state index contributed by atoms with van der Waals surface area (Å²) in [5.41, 5.74) is 6.27. The number of benzene rings is 2. The fraction of sp³-hybridized carbons (Fsp3) is 0.130. The summed E-state index contributed by atoms with van der Waals surface area (Å²) in [7, 11) is 0. The molecule has 9 heteroatoms. The van der Waals surface area contributed by atoms with E-state index in [1.807, 2.05) is 12.3 Å². The summed E-state index contributed by atoms with van der Waals surface area (Å²) in [6.45, 7) is 1.83. The van der Waals surface area contributed by atoms with Gasteiger partial charge < -0.3 is 5.32 Å². The number of pyridine rings is 1. The molecule has 0 unspecified atom stereocenters. The molecule has 6 rings (SSSR count). The van der Waals surface area contributed by atoms with E-state index in [1.54, 1.807) is 22.9 Å². The summed E-state index contributed by atoms with van der Waals surface area (Å²) in [5, 5.41) is 20.1. The Kier molecular flexibility index (Phi) is 4.29. The fourth-order valence-electron chi connectivity index (χ4n) is 4.11. The second-order valence-corrected chi connectivity index (χ2v) is 7.73. The zero-order valence-electron chi connectivity index (χ0n) is 16.8. The van der Waals surface area contributed by atoms with Crippen LogP contribution in [0.1, 0.15) is 11.1 Å². The van der Waals surface area contributed by atoms with Crippen molar-refractivity contribution in [2.24, 2.45) is 0 Å². The Hall–Kier alpha value is -3.98. The molecule has 0 aliphatic carbocycles. The van der Waals surface area contributed by atoms with Gasteiger partial charge in [-0.25, -0.2) is 4.68 Å².